The van der Waals surface area contributed by atoms with Gasteiger partial charge in [0.15, 0.2) is 0 Å². The van der Waals surface area contributed by atoms with E-state index in [0.717, 1.165) is 11.1 Å². The van der Waals surface area contributed by atoms with E-state index in [1.54, 1.807) is 4.68 Å². The molecule has 1 amide bonds. The standard InChI is InChI=1S/C19H19N5OS/c1-12(2)24-19(21-22-23-24)26-11-17(25)20-18-15-9-5-3-7-13(15)14-8-4-6-10-16(14)18/h3-10,12,18H,11H2,1-2H3,(H,20,25). The number of hydrogen-bond acceptors (Lipinski definition) is 5. The molecule has 3 aromatic rings. The fourth-order valence-corrected chi connectivity index (χ4v) is 4.07. The molecule has 6 nitrogen and oxygen atoms in total. The lowest BCUT2D eigenvalue weighted by molar-refractivity contribution is -0.119. The van der Waals surface area contributed by atoms with Gasteiger partial charge in [-0.2, -0.15) is 0 Å². The summed E-state index contributed by atoms with van der Waals surface area (Å²) in [5.41, 5.74) is 4.65. The van der Waals surface area contributed by atoms with Crippen molar-refractivity contribution in [1.29, 1.82) is 0 Å². The van der Waals surface area contributed by atoms with Crippen molar-refractivity contribution in [3.63, 3.8) is 0 Å². The van der Waals surface area contributed by atoms with Crippen molar-refractivity contribution >= 4 is 17.7 Å². The molecule has 132 valence electrons. The smallest absolute Gasteiger partial charge is 0.231 e. The fraction of sp³-hybridized carbons (Fsp3) is 0.263. The molecule has 1 aliphatic carbocycles. The van der Waals surface area contributed by atoms with Crippen LogP contribution in [-0.4, -0.2) is 31.9 Å². The van der Waals surface area contributed by atoms with E-state index >= 15 is 0 Å². The lowest BCUT2D eigenvalue weighted by atomic mass is 10.1. The Bertz CT molecular complexity index is 907. The van der Waals surface area contributed by atoms with Crippen LogP contribution < -0.4 is 5.32 Å². The topological polar surface area (TPSA) is 72.7 Å². The molecule has 0 fully saturated rings. The van der Waals surface area contributed by atoms with Crippen LogP contribution in [0.15, 0.2) is 53.7 Å². The number of aromatic nitrogens is 4. The third kappa shape index (κ3) is 2.99. The van der Waals surface area contributed by atoms with Gasteiger partial charge in [0, 0.05) is 0 Å². The molecular formula is C19H19N5OS. The fourth-order valence-electron chi connectivity index (χ4n) is 3.25. The molecule has 1 aliphatic rings. The minimum atomic E-state index is -0.114. The van der Waals surface area contributed by atoms with E-state index in [0.29, 0.717) is 5.16 Å². The van der Waals surface area contributed by atoms with Crippen molar-refractivity contribution in [2.75, 3.05) is 5.75 Å². The molecule has 0 saturated carbocycles. The molecule has 1 N–H and O–H groups in total. The van der Waals surface area contributed by atoms with E-state index in [1.165, 1.54) is 22.9 Å². The second kappa shape index (κ2) is 6.92. The molecular weight excluding hydrogens is 346 g/mol. The van der Waals surface area contributed by atoms with Crippen LogP contribution in [0.2, 0.25) is 0 Å². The molecule has 4 rings (SSSR count). The Morgan fingerprint density at radius 1 is 1.12 bits per heavy atom. The maximum absolute atomic E-state index is 12.6. The Morgan fingerprint density at radius 2 is 1.73 bits per heavy atom. The highest BCUT2D eigenvalue weighted by Crippen LogP contribution is 2.43. The van der Waals surface area contributed by atoms with Gasteiger partial charge in [-0.25, -0.2) is 4.68 Å². The first-order valence-electron chi connectivity index (χ1n) is 8.53. The van der Waals surface area contributed by atoms with E-state index in [1.807, 2.05) is 38.1 Å². The van der Waals surface area contributed by atoms with Gasteiger partial charge in [-0.3, -0.25) is 4.79 Å². The first-order chi connectivity index (χ1) is 12.6. The summed E-state index contributed by atoms with van der Waals surface area (Å²) in [7, 11) is 0. The first kappa shape index (κ1) is 16.8. The lowest BCUT2D eigenvalue weighted by Crippen LogP contribution is -2.29. The Morgan fingerprint density at radius 3 is 2.35 bits per heavy atom. The predicted octanol–water partition coefficient (Wildman–Crippen LogP) is 3.23. The van der Waals surface area contributed by atoms with Crippen LogP contribution >= 0.6 is 11.8 Å². The largest absolute Gasteiger partial charge is 0.344 e. The minimum absolute atomic E-state index is 0.0372. The van der Waals surface area contributed by atoms with E-state index in [2.05, 4.69) is 45.1 Å². The van der Waals surface area contributed by atoms with Crippen molar-refractivity contribution < 1.29 is 4.79 Å². The highest BCUT2D eigenvalue weighted by atomic mass is 32.2. The number of amides is 1. The summed E-state index contributed by atoms with van der Waals surface area (Å²) in [6.07, 6.45) is 0. The van der Waals surface area contributed by atoms with Gasteiger partial charge >= 0.3 is 0 Å². The molecule has 7 heteroatoms. The Kier molecular flexibility index (Phi) is 4.46. The summed E-state index contributed by atoms with van der Waals surface area (Å²) < 4.78 is 1.72. The van der Waals surface area contributed by atoms with Crippen molar-refractivity contribution in [2.45, 2.75) is 31.1 Å². The highest BCUT2D eigenvalue weighted by molar-refractivity contribution is 7.99. The van der Waals surface area contributed by atoms with Gasteiger partial charge in [-0.05, 0) is 46.5 Å². The molecule has 0 radical (unpaired) electrons. The number of hydrogen-bond donors (Lipinski definition) is 1. The number of nitrogens with zero attached hydrogens (tertiary/aromatic N) is 4. The predicted molar refractivity (Wildman–Crippen MR) is 101 cm³/mol. The van der Waals surface area contributed by atoms with Crippen LogP contribution in [0.3, 0.4) is 0 Å². The van der Waals surface area contributed by atoms with Gasteiger partial charge in [-0.15, -0.1) is 5.10 Å². The molecule has 26 heavy (non-hydrogen) atoms. The van der Waals surface area contributed by atoms with Gasteiger partial charge in [-0.1, -0.05) is 60.3 Å². The van der Waals surface area contributed by atoms with Gasteiger partial charge < -0.3 is 5.32 Å². The molecule has 0 atom stereocenters. The van der Waals surface area contributed by atoms with Crippen LogP contribution in [0, 0.1) is 0 Å². The quantitative estimate of drug-likeness (QED) is 0.703. The van der Waals surface area contributed by atoms with Crippen molar-refractivity contribution in [2.24, 2.45) is 0 Å². The highest BCUT2D eigenvalue weighted by Gasteiger charge is 2.29. The zero-order valence-electron chi connectivity index (χ0n) is 14.6. The molecule has 0 spiro atoms. The second-order valence-electron chi connectivity index (χ2n) is 6.46. The summed E-state index contributed by atoms with van der Waals surface area (Å²) in [4.78, 5) is 12.6. The molecule has 0 unspecified atom stereocenters. The number of benzene rings is 2. The Balaban J connectivity index is 1.50. The zero-order valence-corrected chi connectivity index (χ0v) is 15.4. The average Bonchev–Trinajstić information content (AvgIpc) is 3.24. The van der Waals surface area contributed by atoms with Crippen LogP contribution in [0.5, 0.6) is 0 Å². The SMILES string of the molecule is CC(C)n1nnnc1SCC(=O)NC1c2ccccc2-c2ccccc21. The van der Waals surface area contributed by atoms with Crippen LogP contribution in [0.25, 0.3) is 11.1 Å². The summed E-state index contributed by atoms with van der Waals surface area (Å²) in [5, 5.41) is 15.5. The molecule has 1 heterocycles. The Labute approximate surface area is 156 Å². The summed E-state index contributed by atoms with van der Waals surface area (Å²) in [5.74, 6) is 0.235. The first-order valence-corrected chi connectivity index (χ1v) is 9.52. The van der Waals surface area contributed by atoms with Crippen molar-refractivity contribution in [1.82, 2.24) is 25.5 Å². The van der Waals surface area contributed by atoms with E-state index < -0.39 is 0 Å². The molecule has 2 aromatic carbocycles. The maximum Gasteiger partial charge on any atom is 0.231 e. The van der Waals surface area contributed by atoms with Crippen LogP contribution in [-0.2, 0) is 4.79 Å². The molecule has 0 bridgehead atoms. The third-order valence-electron chi connectivity index (χ3n) is 4.42. The van der Waals surface area contributed by atoms with Crippen molar-refractivity contribution in [3.05, 3.63) is 59.7 Å². The second-order valence-corrected chi connectivity index (χ2v) is 7.41. The van der Waals surface area contributed by atoms with E-state index in [-0.39, 0.29) is 23.7 Å². The number of nitrogens with one attached hydrogen (secondary N) is 1. The summed E-state index contributed by atoms with van der Waals surface area (Å²) in [6.45, 7) is 4.01. The van der Waals surface area contributed by atoms with Gasteiger partial charge in [0.2, 0.25) is 11.1 Å². The van der Waals surface area contributed by atoms with Gasteiger partial charge in [0.1, 0.15) is 0 Å². The number of thioether (sulfide) groups is 1. The maximum atomic E-state index is 12.6. The number of fused-ring (bicyclic) bond motifs is 3. The number of tetrazole rings is 1. The number of carbonyl (C=O) groups is 1. The summed E-state index contributed by atoms with van der Waals surface area (Å²) >= 11 is 1.35. The van der Waals surface area contributed by atoms with Gasteiger partial charge in [0.25, 0.3) is 0 Å². The number of rotatable bonds is 5. The molecule has 0 saturated heterocycles. The normalized spacial score (nSPS) is 12.9. The number of carbonyl (C=O) groups excluding carboxylic acids is 1. The van der Waals surface area contributed by atoms with Gasteiger partial charge in [0.05, 0.1) is 17.8 Å². The van der Waals surface area contributed by atoms with Crippen LogP contribution in [0.1, 0.15) is 37.1 Å². The van der Waals surface area contributed by atoms with E-state index in [4.69, 9.17) is 0 Å². The minimum Gasteiger partial charge on any atom is -0.344 e. The van der Waals surface area contributed by atoms with Crippen molar-refractivity contribution in [3.8, 4) is 11.1 Å². The monoisotopic (exact) mass is 365 g/mol. The molecule has 0 aliphatic heterocycles. The molecule has 1 aromatic heterocycles. The van der Waals surface area contributed by atoms with Crippen LogP contribution in [0.4, 0.5) is 0 Å². The Hall–Kier alpha value is -2.67. The zero-order chi connectivity index (χ0) is 18.1. The summed E-state index contributed by atoms with van der Waals surface area (Å²) in [6, 6.07) is 16.5. The third-order valence-corrected chi connectivity index (χ3v) is 5.36. The average molecular weight is 365 g/mol. The van der Waals surface area contributed by atoms with E-state index in [9.17, 15) is 4.79 Å². The lowest BCUT2D eigenvalue weighted by Gasteiger charge is -2.16.